The molecule has 2 N–H and O–H groups in total. The number of hydrogen-bond donors (Lipinski definition) is 2. The molecule has 0 saturated carbocycles. The van der Waals surface area contributed by atoms with E-state index in [0.29, 0.717) is 0 Å². The molecular weight excluding hydrogens is 166 g/mol. The number of hydrogen-bond acceptors (Lipinski definition) is 2. The van der Waals surface area contributed by atoms with Crippen molar-refractivity contribution in [2.45, 2.75) is 0 Å². The molecule has 0 aliphatic rings. The van der Waals surface area contributed by atoms with Crippen LogP contribution in [0.25, 0.3) is 0 Å². The normalized spacial score (nSPS) is 9.08. The third-order valence-corrected chi connectivity index (χ3v) is 1.49. The lowest BCUT2D eigenvalue weighted by Gasteiger charge is -2.13. The first-order valence-electron chi connectivity index (χ1n) is 3.98. The van der Waals surface area contributed by atoms with Crippen LogP contribution in [0.5, 0.6) is 0 Å². The second kappa shape index (κ2) is 4.35. The largest absolute Gasteiger partial charge is 0.335 e. The summed E-state index contributed by atoms with van der Waals surface area (Å²) in [5.74, 6) is 0. The summed E-state index contributed by atoms with van der Waals surface area (Å²) in [6.07, 6.45) is 0. The molecule has 0 heterocycles. The molecule has 70 valence electrons. The van der Waals surface area contributed by atoms with E-state index in [1.807, 2.05) is 30.3 Å². The quantitative estimate of drug-likeness (QED) is 0.672. The lowest BCUT2D eigenvalue weighted by atomic mass is 10.3. The van der Waals surface area contributed by atoms with Crippen LogP contribution in [0.3, 0.4) is 0 Å². The van der Waals surface area contributed by atoms with Crippen molar-refractivity contribution in [3.8, 4) is 0 Å². The summed E-state index contributed by atoms with van der Waals surface area (Å²) in [7, 11) is 3.37. The van der Waals surface area contributed by atoms with Gasteiger partial charge in [0.15, 0.2) is 0 Å². The first-order valence-corrected chi connectivity index (χ1v) is 3.98. The summed E-state index contributed by atoms with van der Waals surface area (Å²) >= 11 is 0. The summed E-state index contributed by atoms with van der Waals surface area (Å²) in [6, 6.07) is 9.27. The van der Waals surface area contributed by atoms with Gasteiger partial charge in [0, 0.05) is 14.1 Å². The number of para-hydroxylation sites is 1. The van der Waals surface area contributed by atoms with Gasteiger partial charge in [-0.25, -0.2) is 4.79 Å². The predicted octanol–water partition coefficient (Wildman–Crippen LogP) is 1.28. The van der Waals surface area contributed by atoms with E-state index in [-0.39, 0.29) is 6.03 Å². The van der Waals surface area contributed by atoms with Crippen LogP contribution < -0.4 is 10.9 Å². The minimum absolute atomic E-state index is 0.177. The molecule has 0 aliphatic heterocycles. The average molecular weight is 179 g/mol. The second-order valence-electron chi connectivity index (χ2n) is 2.82. The maximum Gasteiger partial charge on any atom is 0.335 e. The number of urea groups is 1. The van der Waals surface area contributed by atoms with Gasteiger partial charge in [0.2, 0.25) is 0 Å². The van der Waals surface area contributed by atoms with Gasteiger partial charge < -0.3 is 4.90 Å². The Hall–Kier alpha value is -1.71. The molecule has 0 fully saturated rings. The lowest BCUT2D eigenvalue weighted by molar-refractivity contribution is 0.219. The van der Waals surface area contributed by atoms with Gasteiger partial charge in [-0.3, -0.25) is 10.9 Å². The SMILES string of the molecule is CN(C)C(=O)NNc1ccccc1. The van der Waals surface area contributed by atoms with Crippen molar-refractivity contribution >= 4 is 11.7 Å². The third-order valence-electron chi connectivity index (χ3n) is 1.49. The highest BCUT2D eigenvalue weighted by Gasteiger charge is 2.00. The average Bonchev–Trinajstić information content (AvgIpc) is 2.15. The molecule has 0 aliphatic carbocycles. The van der Waals surface area contributed by atoms with Crippen LogP contribution in [0.4, 0.5) is 10.5 Å². The minimum atomic E-state index is -0.177. The fourth-order valence-electron chi connectivity index (χ4n) is 0.759. The van der Waals surface area contributed by atoms with Crippen molar-refractivity contribution in [3.63, 3.8) is 0 Å². The van der Waals surface area contributed by atoms with Crippen molar-refractivity contribution in [2.24, 2.45) is 0 Å². The van der Waals surface area contributed by atoms with Gasteiger partial charge in [0.25, 0.3) is 0 Å². The number of hydrazine groups is 1. The first kappa shape index (κ1) is 9.38. The van der Waals surface area contributed by atoms with Gasteiger partial charge >= 0.3 is 6.03 Å². The Bertz CT molecular complexity index is 271. The van der Waals surface area contributed by atoms with Crippen LogP contribution in [-0.2, 0) is 0 Å². The molecule has 0 aromatic heterocycles. The topological polar surface area (TPSA) is 44.4 Å². The smallest absolute Gasteiger partial charge is 0.330 e. The van der Waals surface area contributed by atoms with Crippen LogP contribution in [0.2, 0.25) is 0 Å². The molecular formula is C9H13N3O. The number of carbonyl (C=O) groups is 1. The molecule has 0 spiro atoms. The van der Waals surface area contributed by atoms with Crippen molar-refractivity contribution in [2.75, 3.05) is 19.5 Å². The maximum atomic E-state index is 11.1. The molecule has 1 aromatic rings. The van der Waals surface area contributed by atoms with Crippen LogP contribution in [0.1, 0.15) is 0 Å². The van der Waals surface area contributed by atoms with E-state index < -0.39 is 0 Å². The Balaban J connectivity index is 2.40. The van der Waals surface area contributed by atoms with E-state index in [2.05, 4.69) is 10.9 Å². The van der Waals surface area contributed by atoms with E-state index in [0.717, 1.165) is 5.69 Å². The Morgan fingerprint density at radius 3 is 2.38 bits per heavy atom. The van der Waals surface area contributed by atoms with Crippen LogP contribution in [-0.4, -0.2) is 25.0 Å². The molecule has 4 heteroatoms. The maximum absolute atomic E-state index is 11.1. The lowest BCUT2D eigenvalue weighted by Crippen LogP contribution is -2.38. The molecule has 0 bridgehead atoms. The Morgan fingerprint density at radius 1 is 1.23 bits per heavy atom. The number of anilines is 1. The van der Waals surface area contributed by atoms with E-state index in [1.54, 1.807) is 14.1 Å². The number of nitrogens with one attached hydrogen (secondary N) is 2. The zero-order valence-corrected chi connectivity index (χ0v) is 7.74. The highest BCUT2D eigenvalue weighted by molar-refractivity contribution is 5.75. The van der Waals surface area contributed by atoms with Crippen molar-refractivity contribution in [1.29, 1.82) is 0 Å². The summed E-state index contributed by atoms with van der Waals surface area (Å²) < 4.78 is 0. The van der Waals surface area contributed by atoms with E-state index in [4.69, 9.17) is 0 Å². The summed E-state index contributed by atoms with van der Waals surface area (Å²) in [4.78, 5) is 12.5. The Morgan fingerprint density at radius 2 is 1.85 bits per heavy atom. The van der Waals surface area contributed by atoms with E-state index in [1.165, 1.54) is 4.90 Å². The molecule has 0 radical (unpaired) electrons. The fraction of sp³-hybridized carbons (Fsp3) is 0.222. The second-order valence-corrected chi connectivity index (χ2v) is 2.82. The summed E-state index contributed by atoms with van der Waals surface area (Å²) in [5, 5.41) is 0. The Labute approximate surface area is 77.5 Å². The van der Waals surface area contributed by atoms with Crippen molar-refractivity contribution < 1.29 is 4.79 Å². The van der Waals surface area contributed by atoms with Gasteiger partial charge in [-0.2, -0.15) is 0 Å². The molecule has 0 saturated heterocycles. The predicted molar refractivity (Wildman–Crippen MR) is 52.3 cm³/mol. The molecule has 13 heavy (non-hydrogen) atoms. The summed E-state index contributed by atoms with van der Waals surface area (Å²) in [5.41, 5.74) is 6.18. The number of nitrogens with zero attached hydrogens (tertiary/aromatic N) is 1. The van der Waals surface area contributed by atoms with Gasteiger partial charge in [0.05, 0.1) is 5.69 Å². The van der Waals surface area contributed by atoms with Gasteiger partial charge in [-0.05, 0) is 12.1 Å². The molecule has 1 aromatic carbocycles. The summed E-state index contributed by atoms with van der Waals surface area (Å²) in [6.45, 7) is 0. The zero-order valence-electron chi connectivity index (χ0n) is 7.74. The van der Waals surface area contributed by atoms with Gasteiger partial charge in [-0.1, -0.05) is 18.2 Å². The highest BCUT2D eigenvalue weighted by Crippen LogP contribution is 2.02. The van der Waals surface area contributed by atoms with Crippen molar-refractivity contribution in [3.05, 3.63) is 30.3 Å². The Kier molecular flexibility index (Phi) is 3.14. The highest BCUT2D eigenvalue weighted by atomic mass is 16.2. The molecule has 0 atom stereocenters. The number of benzene rings is 1. The minimum Gasteiger partial charge on any atom is -0.330 e. The number of rotatable bonds is 2. The molecule has 0 unspecified atom stereocenters. The van der Waals surface area contributed by atoms with Gasteiger partial charge in [0.1, 0.15) is 0 Å². The zero-order chi connectivity index (χ0) is 9.68. The molecule has 2 amide bonds. The standard InChI is InChI=1S/C9H13N3O/c1-12(2)9(13)11-10-8-6-4-3-5-7-8/h3-7,10H,1-2H3,(H,11,13). The fourth-order valence-corrected chi connectivity index (χ4v) is 0.759. The first-order chi connectivity index (χ1) is 6.20. The molecule has 4 nitrogen and oxygen atoms in total. The monoisotopic (exact) mass is 179 g/mol. The van der Waals surface area contributed by atoms with Crippen LogP contribution in [0.15, 0.2) is 30.3 Å². The van der Waals surface area contributed by atoms with Gasteiger partial charge in [-0.15, -0.1) is 0 Å². The van der Waals surface area contributed by atoms with E-state index >= 15 is 0 Å². The third kappa shape index (κ3) is 3.02. The molecule has 1 rings (SSSR count). The number of carbonyl (C=O) groups excluding carboxylic acids is 1. The van der Waals surface area contributed by atoms with Crippen LogP contribution >= 0.6 is 0 Å². The van der Waals surface area contributed by atoms with Crippen molar-refractivity contribution in [1.82, 2.24) is 10.3 Å². The van der Waals surface area contributed by atoms with Crippen LogP contribution in [0, 0.1) is 0 Å². The van der Waals surface area contributed by atoms with E-state index in [9.17, 15) is 4.79 Å². The number of amides is 2.